The SMILES string of the molecule is CC1=[C-]C(C)C(C)=C1C.CC1=[C-]C(C)C(C)=C1C.C[Si](C)=[Ti+2]. The second-order valence-corrected chi connectivity index (χ2v) is 13.3. The summed E-state index contributed by atoms with van der Waals surface area (Å²) < 4.78 is 0. The van der Waals surface area contributed by atoms with Gasteiger partial charge in [0.25, 0.3) is 0 Å². The van der Waals surface area contributed by atoms with E-state index >= 15 is 0 Å². The van der Waals surface area contributed by atoms with Crippen molar-refractivity contribution in [3.05, 3.63) is 45.6 Å². The zero-order valence-electron chi connectivity index (χ0n) is 16.2. The molecular formula is C20H32SiTi. The molecule has 2 unspecified atom stereocenters. The Hall–Kier alpha value is -0.109. The molecule has 120 valence electrons. The molecule has 2 aliphatic rings. The molecule has 0 nitrogen and oxygen atoms in total. The third-order valence-corrected chi connectivity index (χ3v) is 4.47. The van der Waals surface area contributed by atoms with E-state index < -0.39 is 0 Å². The number of hydrogen-bond acceptors (Lipinski definition) is 0. The Bertz CT molecular complexity index is 496. The summed E-state index contributed by atoms with van der Waals surface area (Å²) in [6, 6.07) is 0. The summed E-state index contributed by atoms with van der Waals surface area (Å²) in [5.41, 5.74) is 8.49. The normalized spacial score (nSPS) is 23.5. The van der Waals surface area contributed by atoms with Crippen LogP contribution < -0.4 is 0 Å². The Morgan fingerprint density at radius 3 is 1.00 bits per heavy atom. The molecule has 0 aromatic carbocycles. The van der Waals surface area contributed by atoms with E-state index in [1.807, 2.05) is 0 Å². The molecule has 0 amide bonds. The second kappa shape index (κ2) is 9.90. The molecule has 0 N–H and O–H groups in total. The fraction of sp³-hybridized carbons (Fsp3) is 0.600. The van der Waals surface area contributed by atoms with Crippen molar-refractivity contribution in [1.29, 1.82) is 0 Å². The monoisotopic (exact) mass is 348 g/mol. The van der Waals surface area contributed by atoms with Crippen LogP contribution in [0.5, 0.6) is 0 Å². The van der Waals surface area contributed by atoms with Crippen molar-refractivity contribution in [3.63, 3.8) is 0 Å². The van der Waals surface area contributed by atoms with Crippen LogP contribution in [-0.4, -0.2) is 6.19 Å². The van der Waals surface area contributed by atoms with E-state index in [4.69, 9.17) is 0 Å². The molecule has 0 saturated carbocycles. The van der Waals surface area contributed by atoms with Crippen LogP contribution in [0.3, 0.4) is 0 Å². The van der Waals surface area contributed by atoms with E-state index in [2.05, 4.69) is 99.8 Å². The van der Waals surface area contributed by atoms with E-state index in [9.17, 15) is 0 Å². The molecule has 2 heteroatoms. The summed E-state index contributed by atoms with van der Waals surface area (Å²) in [7, 11) is 0. The predicted molar refractivity (Wildman–Crippen MR) is 97.4 cm³/mol. The van der Waals surface area contributed by atoms with Crippen molar-refractivity contribution in [1.82, 2.24) is 0 Å². The molecule has 0 saturated heterocycles. The standard InChI is InChI=1S/2C9H13.C2H6Si.Ti/c2*1-6-5-7(2)9(4)8(6)3;1-3-2;/h2*6H,1-4H3;1-2H3;/q2*-1;;+2. The van der Waals surface area contributed by atoms with Crippen molar-refractivity contribution in [2.24, 2.45) is 11.8 Å². The average molecular weight is 348 g/mol. The van der Waals surface area contributed by atoms with Crippen LogP contribution in [0.1, 0.15) is 55.4 Å². The first-order valence-electron chi connectivity index (χ1n) is 8.06. The van der Waals surface area contributed by atoms with Crippen LogP contribution in [0, 0.1) is 24.0 Å². The van der Waals surface area contributed by atoms with Crippen LogP contribution in [0.15, 0.2) is 33.4 Å². The Balaban J connectivity index is 0.000000326. The third-order valence-electron chi connectivity index (χ3n) is 4.47. The van der Waals surface area contributed by atoms with Gasteiger partial charge in [0, 0.05) is 0 Å². The molecule has 2 rings (SSSR count). The number of allylic oxidation sites excluding steroid dienone is 8. The first-order chi connectivity index (χ1) is 9.98. The summed E-state index contributed by atoms with van der Waals surface area (Å²) in [6.07, 6.45) is 6.84. The van der Waals surface area contributed by atoms with Crippen LogP contribution >= 0.6 is 0 Å². The summed E-state index contributed by atoms with van der Waals surface area (Å²) in [6.45, 7) is 21.9. The maximum absolute atomic E-state index is 3.36. The van der Waals surface area contributed by atoms with Gasteiger partial charge in [0.1, 0.15) is 0 Å². The Morgan fingerprint density at radius 2 is 0.955 bits per heavy atom. The van der Waals surface area contributed by atoms with E-state index in [0.29, 0.717) is 11.8 Å². The molecule has 0 heterocycles. The van der Waals surface area contributed by atoms with Crippen molar-refractivity contribution in [3.8, 4) is 0 Å². The average Bonchev–Trinajstić information content (AvgIpc) is 2.75. The van der Waals surface area contributed by atoms with Crippen LogP contribution in [0.4, 0.5) is 0 Å². The molecule has 0 bridgehead atoms. The fourth-order valence-corrected chi connectivity index (χ4v) is 2.32. The fourth-order valence-electron chi connectivity index (χ4n) is 2.32. The Morgan fingerprint density at radius 1 is 0.727 bits per heavy atom. The Kier molecular flexibility index (Phi) is 9.85. The molecule has 2 aliphatic carbocycles. The molecular weight excluding hydrogens is 316 g/mol. The van der Waals surface area contributed by atoms with Crippen molar-refractivity contribution in [2.75, 3.05) is 0 Å². The zero-order chi connectivity index (χ0) is 17.6. The second-order valence-electron chi connectivity index (χ2n) is 6.60. The van der Waals surface area contributed by atoms with Crippen LogP contribution in [-0.2, 0) is 19.2 Å². The minimum atomic E-state index is 0.120. The molecule has 0 aromatic rings. The van der Waals surface area contributed by atoms with Gasteiger partial charge in [-0.3, -0.25) is 12.2 Å². The Labute approximate surface area is 151 Å². The molecule has 22 heavy (non-hydrogen) atoms. The van der Waals surface area contributed by atoms with E-state index in [0.717, 1.165) is 0 Å². The third kappa shape index (κ3) is 6.98. The van der Waals surface area contributed by atoms with Gasteiger partial charge in [0.2, 0.25) is 0 Å². The van der Waals surface area contributed by atoms with Crippen molar-refractivity contribution >= 4 is 6.19 Å². The van der Waals surface area contributed by atoms with Gasteiger partial charge >= 0.3 is 38.5 Å². The minimum absolute atomic E-state index is 0.120. The molecule has 0 aliphatic heterocycles. The van der Waals surface area contributed by atoms with Gasteiger partial charge in [-0.1, -0.05) is 53.4 Å². The van der Waals surface area contributed by atoms with E-state index in [-0.39, 0.29) is 6.19 Å². The van der Waals surface area contributed by atoms with Crippen molar-refractivity contribution < 1.29 is 19.2 Å². The van der Waals surface area contributed by atoms with Crippen molar-refractivity contribution in [2.45, 2.75) is 68.5 Å². The van der Waals surface area contributed by atoms with Gasteiger partial charge in [0.15, 0.2) is 0 Å². The van der Waals surface area contributed by atoms with E-state index in [1.54, 1.807) is 0 Å². The van der Waals surface area contributed by atoms with Gasteiger partial charge in [-0.25, -0.2) is 11.1 Å². The van der Waals surface area contributed by atoms with Gasteiger partial charge in [-0.15, -0.1) is 13.8 Å². The number of hydrogen-bond donors (Lipinski definition) is 0. The topological polar surface area (TPSA) is 0 Å². The first kappa shape index (κ1) is 21.9. The molecule has 2 atom stereocenters. The van der Waals surface area contributed by atoms with Gasteiger partial charge in [0.05, 0.1) is 0 Å². The molecule has 0 aromatic heterocycles. The van der Waals surface area contributed by atoms with Gasteiger partial charge < -0.3 is 0 Å². The van der Waals surface area contributed by atoms with Gasteiger partial charge in [-0.2, -0.15) is 22.3 Å². The quantitative estimate of drug-likeness (QED) is 0.360. The summed E-state index contributed by atoms with van der Waals surface area (Å²) in [5.74, 6) is 1.12. The molecule has 0 fully saturated rings. The molecule has 0 radical (unpaired) electrons. The first-order valence-corrected chi connectivity index (χ1v) is 12.9. The van der Waals surface area contributed by atoms with Crippen LogP contribution in [0.25, 0.3) is 0 Å². The summed E-state index contributed by atoms with van der Waals surface area (Å²) >= 11 is 2.27. The summed E-state index contributed by atoms with van der Waals surface area (Å²) in [5, 5.41) is 0. The number of rotatable bonds is 0. The van der Waals surface area contributed by atoms with E-state index in [1.165, 1.54) is 33.4 Å². The van der Waals surface area contributed by atoms with Gasteiger partial charge in [-0.05, 0) is 0 Å². The van der Waals surface area contributed by atoms with Crippen LogP contribution in [0.2, 0.25) is 13.1 Å². The summed E-state index contributed by atoms with van der Waals surface area (Å²) in [4.78, 5) is 0. The maximum atomic E-state index is 3.36. The predicted octanol–water partition coefficient (Wildman–Crippen LogP) is 6.23. The molecule has 0 spiro atoms. The zero-order valence-corrected chi connectivity index (χ0v) is 18.7.